The minimum atomic E-state index is -3.06. The smallest absolute Gasteiger partial charge is 0.215 e. The third-order valence-corrected chi connectivity index (χ3v) is 6.04. The van der Waals surface area contributed by atoms with E-state index >= 15 is 0 Å². The molecule has 0 spiro atoms. The SMILES string of the molecule is CNCCS(=O)(=O)N1CCSC(C)(C)CC1. The zero-order chi connectivity index (χ0) is 12.2. The van der Waals surface area contributed by atoms with E-state index < -0.39 is 10.0 Å². The number of thioether (sulfide) groups is 1. The lowest BCUT2D eigenvalue weighted by atomic mass is 10.1. The Morgan fingerprint density at radius 3 is 2.69 bits per heavy atom. The lowest BCUT2D eigenvalue weighted by molar-refractivity contribution is 0.415. The molecule has 0 aromatic carbocycles. The van der Waals surface area contributed by atoms with E-state index in [2.05, 4.69) is 19.2 Å². The van der Waals surface area contributed by atoms with Crippen molar-refractivity contribution in [2.24, 2.45) is 0 Å². The summed E-state index contributed by atoms with van der Waals surface area (Å²) >= 11 is 1.86. The van der Waals surface area contributed by atoms with Crippen molar-refractivity contribution >= 4 is 21.8 Å². The van der Waals surface area contributed by atoms with Gasteiger partial charge in [0.05, 0.1) is 5.75 Å². The Bertz CT molecular complexity index is 315. The van der Waals surface area contributed by atoms with Crippen LogP contribution in [0.1, 0.15) is 20.3 Å². The average Bonchev–Trinajstić information content (AvgIpc) is 2.36. The van der Waals surface area contributed by atoms with Crippen LogP contribution in [0.25, 0.3) is 0 Å². The Hall–Kier alpha value is 0.220. The molecule has 0 aliphatic carbocycles. The molecule has 0 bridgehead atoms. The number of sulfonamides is 1. The zero-order valence-corrected chi connectivity index (χ0v) is 12.0. The van der Waals surface area contributed by atoms with E-state index in [-0.39, 0.29) is 10.5 Å². The average molecular weight is 266 g/mol. The van der Waals surface area contributed by atoms with Crippen LogP contribution in [0.2, 0.25) is 0 Å². The van der Waals surface area contributed by atoms with E-state index in [0.29, 0.717) is 19.6 Å². The summed E-state index contributed by atoms with van der Waals surface area (Å²) in [6, 6.07) is 0. The Morgan fingerprint density at radius 1 is 1.38 bits per heavy atom. The van der Waals surface area contributed by atoms with Crippen LogP contribution in [0.4, 0.5) is 0 Å². The highest BCUT2D eigenvalue weighted by Crippen LogP contribution is 2.31. The standard InChI is InChI=1S/C10H22N2O2S2/c1-10(2)4-6-12(7-8-15-10)16(13,14)9-5-11-3/h11H,4-9H2,1-3H3. The maximum atomic E-state index is 12.0. The molecular weight excluding hydrogens is 244 g/mol. The molecule has 1 rings (SSSR count). The second-order valence-corrected chi connectivity index (χ2v) is 8.57. The van der Waals surface area contributed by atoms with Gasteiger partial charge in [-0.2, -0.15) is 11.8 Å². The molecule has 1 heterocycles. The van der Waals surface area contributed by atoms with Crippen molar-refractivity contribution in [3.05, 3.63) is 0 Å². The Kier molecular flexibility index (Phi) is 5.10. The van der Waals surface area contributed by atoms with E-state index in [1.165, 1.54) is 0 Å². The predicted molar refractivity (Wildman–Crippen MR) is 70.4 cm³/mol. The zero-order valence-electron chi connectivity index (χ0n) is 10.3. The van der Waals surface area contributed by atoms with Gasteiger partial charge in [0.15, 0.2) is 0 Å². The van der Waals surface area contributed by atoms with Crippen molar-refractivity contribution in [2.45, 2.75) is 25.0 Å². The first-order valence-electron chi connectivity index (χ1n) is 5.64. The number of nitrogens with one attached hydrogen (secondary N) is 1. The van der Waals surface area contributed by atoms with Gasteiger partial charge in [-0.3, -0.25) is 0 Å². The molecule has 0 atom stereocenters. The first kappa shape index (κ1) is 14.3. The van der Waals surface area contributed by atoms with Gasteiger partial charge in [-0.15, -0.1) is 0 Å². The van der Waals surface area contributed by atoms with Gasteiger partial charge in [0.2, 0.25) is 10.0 Å². The Balaban J connectivity index is 2.60. The van der Waals surface area contributed by atoms with E-state index in [9.17, 15) is 8.42 Å². The Labute approximate surface area is 103 Å². The third-order valence-electron chi connectivity index (χ3n) is 2.80. The van der Waals surface area contributed by atoms with Gasteiger partial charge >= 0.3 is 0 Å². The van der Waals surface area contributed by atoms with Gasteiger partial charge in [-0.1, -0.05) is 13.8 Å². The van der Waals surface area contributed by atoms with Crippen LogP contribution in [0, 0.1) is 0 Å². The normalized spacial score (nSPS) is 22.9. The fraction of sp³-hybridized carbons (Fsp3) is 1.00. The van der Waals surface area contributed by atoms with Crippen LogP contribution < -0.4 is 5.32 Å². The molecule has 16 heavy (non-hydrogen) atoms. The molecule has 1 aliphatic rings. The second kappa shape index (κ2) is 5.71. The van der Waals surface area contributed by atoms with E-state index in [1.54, 1.807) is 11.4 Å². The highest BCUT2D eigenvalue weighted by Gasteiger charge is 2.29. The molecule has 0 amide bonds. The highest BCUT2D eigenvalue weighted by molar-refractivity contribution is 8.00. The van der Waals surface area contributed by atoms with Crippen LogP contribution in [-0.4, -0.2) is 55.7 Å². The van der Waals surface area contributed by atoms with Crippen LogP contribution in [0.3, 0.4) is 0 Å². The maximum Gasteiger partial charge on any atom is 0.215 e. The van der Waals surface area contributed by atoms with Crippen LogP contribution in [0.15, 0.2) is 0 Å². The summed E-state index contributed by atoms with van der Waals surface area (Å²) in [6.07, 6.45) is 0.927. The van der Waals surface area contributed by atoms with Crippen molar-refractivity contribution in [3.63, 3.8) is 0 Å². The summed E-state index contributed by atoms with van der Waals surface area (Å²) in [4.78, 5) is 0. The van der Waals surface area contributed by atoms with E-state index in [0.717, 1.165) is 12.2 Å². The van der Waals surface area contributed by atoms with Crippen LogP contribution >= 0.6 is 11.8 Å². The lowest BCUT2D eigenvalue weighted by Crippen LogP contribution is -2.37. The van der Waals surface area contributed by atoms with Gasteiger partial charge in [-0.25, -0.2) is 12.7 Å². The van der Waals surface area contributed by atoms with Gasteiger partial charge in [0.1, 0.15) is 0 Å². The topological polar surface area (TPSA) is 49.4 Å². The molecule has 1 fully saturated rings. The summed E-state index contributed by atoms with van der Waals surface area (Å²) in [5.74, 6) is 1.10. The third kappa shape index (κ3) is 4.24. The first-order chi connectivity index (χ1) is 7.37. The number of rotatable bonds is 4. The monoisotopic (exact) mass is 266 g/mol. The number of hydrogen-bond donors (Lipinski definition) is 1. The lowest BCUT2D eigenvalue weighted by Gasteiger charge is -2.22. The molecule has 0 unspecified atom stereocenters. The fourth-order valence-electron chi connectivity index (χ4n) is 1.64. The van der Waals surface area contributed by atoms with Crippen molar-refractivity contribution < 1.29 is 8.42 Å². The fourth-order valence-corrected chi connectivity index (χ4v) is 4.31. The van der Waals surface area contributed by atoms with Gasteiger partial charge in [0, 0.05) is 30.1 Å². The molecular formula is C10H22N2O2S2. The quantitative estimate of drug-likeness (QED) is 0.816. The van der Waals surface area contributed by atoms with Crippen molar-refractivity contribution in [1.29, 1.82) is 0 Å². The van der Waals surface area contributed by atoms with Gasteiger partial charge < -0.3 is 5.32 Å². The first-order valence-corrected chi connectivity index (χ1v) is 8.23. The summed E-state index contributed by atoms with van der Waals surface area (Å²) in [5, 5.41) is 2.88. The van der Waals surface area contributed by atoms with Crippen LogP contribution in [0.5, 0.6) is 0 Å². The predicted octanol–water partition coefficient (Wildman–Crippen LogP) is 0.753. The van der Waals surface area contributed by atoms with Crippen molar-refractivity contribution in [1.82, 2.24) is 9.62 Å². The summed E-state index contributed by atoms with van der Waals surface area (Å²) < 4.78 is 25.8. The largest absolute Gasteiger partial charge is 0.319 e. The molecule has 4 nitrogen and oxygen atoms in total. The second-order valence-electron chi connectivity index (χ2n) is 4.68. The van der Waals surface area contributed by atoms with E-state index in [4.69, 9.17) is 0 Å². The molecule has 6 heteroatoms. The molecule has 0 saturated carbocycles. The van der Waals surface area contributed by atoms with Gasteiger partial charge in [-0.05, 0) is 13.5 Å². The molecule has 0 aromatic heterocycles. The molecule has 1 aliphatic heterocycles. The summed E-state index contributed by atoms with van der Waals surface area (Å²) in [5.41, 5.74) is 0. The highest BCUT2D eigenvalue weighted by atomic mass is 32.2. The number of hydrogen-bond acceptors (Lipinski definition) is 4. The van der Waals surface area contributed by atoms with Crippen LogP contribution in [-0.2, 0) is 10.0 Å². The minimum absolute atomic E-state index is 0.202. The molecule has 1 saturated heterocycles. The van der Waals surface area contributed by atoms with Crippen molar-refractivity contribution in [2.75, 3.05) is 38.2 Å². The minimum Gasteiger partial charge on any atom is -0.319 e. The molecule has 1 N–H and O–H groups in total. The Morgan fingerprint density at radius 2 is 2.06 bits per heavy atom. The molecule has 0 aromatic rings. The number of nitrogens with zero attached hydrogens (tertiary/aromatic N) is 1. The maximum absolute atomic E-state index is 12.0. The molecule has 0 radical (unpaired) electrons. The summed E-state index contributed by atoms with van der Waals surface area (Å²) in [6.45, 7) is 6.20. The van der Waals surface area contributed by atoms with Crippen molar-refractivity contribution in [3.8, 4) is 0 Å². The van der Waals surface area contributed by atoms with Gasteiger partial charge in [0.25, 0.3) is 0 Å². The van der Waals surface area contributed by atoms with E-state index in [1.807, 2.05) is 11.8 Å². The molecule has 96 valence electrons. The summed E-state index contributed by atoms with van der Waals surface area (Å²) in [7, 11) is -1.29.